The minimum Gasteiger partial charge on any atom is -0.338 e. The van der Waals surface area contributed by atoms with Crippen molar-refractivity contribution in [2.75, 3.05) is 11.9 Å². The number of nitrogens with one attached hydrogen (secondary N) is 1. The van der Waals surface area contributed by atoms with Crippen molar-refractivity contribution in [2.45, 2.75) is 6.92 Å². The predicted octanol–water partition coefficient (Wildman–Crippen LogP) is 2.17. The Morgan fingerprint density at radius 2 is 2.07 bits per heavy atom. The van der Waals surface area contributed by atoms with E-state index < -0.39 is 0 Å². The standard InChI is InChI=1S/C10H11N3O/c1-2-11-10-12-9(13-14-10)8-6-4-3-5-7-8/h3-7H,2H2,1H3,(H,11,12,13). The van der Waals surface area contributed by atoms with Crippen molar-refractivity contribution in [3.63, 3.8) is 0 Å². The second kappa shape index (κ2) is 3.91. The monoisotopic (exact) mass is 189 g/mol. The molecular formula is C10H11N3O. The first-order chi connectivity index (χ1) is 6.90. The SMILES string of the molecule is CCNc1nc(-c2ccccc2)no1. The molecule has 72 valence electrons. The molecule has 0 saturated carbocycles. The molecule has 0 unspecified atom stereocenters. The lowest BCUT2D eigenvalue weighted by Crippen LogP contribution is -1.95. The van der Waals surface area contributed by atoms with E-state index in [-0.39, 0.29) is 0 Å². The molecule has 14 heavy (non-hydrogen) atoms. The van der Waals surface area contributed by atoms with E-state index in [4.69, 9.17) is 4.52 Å². The Morgan fingerprint density at radius 1 is 1.29 bits per heavy atom. The Morgan fingerprint density at radius 3 is 2.79 bits per heavy atom. The van der Waals surface area contributed by atoms with E-state index >= 15 is 0 Å². The van der Waals surface area contributed by atoms with E-state index in [0.717, 1.165) is 12.1 Å². The first kappa shape index (κ1) is 8.74. The topological polar surface area (TPSA) is 51.0 Å². The molecule has 4 nitrogen and oxygen atoms in total. The minimum absolute atomic E-state index is 0.464. The van der Waals surface area contributed by atoms with Gasteiger partial charge in [0.25, 0.3) is 0 Å². The highest BCUT2D eigenvalue weighted by molar-refractivity contribution is 5.54. The molecule has 0 saturated heterocycles. The van der Waals surface area contributed by atoms with Gasteiger partial charge in [-0.05, 0) is 6.92 Å². The molecule has 0 amide bonds. The van der Waals surface area contributed by atoms with Gasteiger partial charge in [-0.1, -0.05) is 35.5 Å². The Balaban J connectivity index is 2.25. The first-order valence-corrected chi connectivity index (χ1v) is 4.53. The number of benzene rings is 1. The largest absolute Gasteiger partial charge is 0.338 e. The fourth-order valence-electron chi connectivity index (χ4n) is 1.15. The molecule has 0 radical (unpaired) electrons. The van der Waals surface area contributed by atoms with Crippen LogP contribution in [0.5, 0.6) is 0 Å². The first-order valence-electron chi connectivity index (χ1n) is 4.53. The molecule has 1 heterocycles. The van der Waals surface area contributed by atoms with Gasteiger partial charge in [-0.2, -0.15) is 4.98 Å². The third kappa shape index (κ3) is 1.74. The Bertz CT molecular complexity index is 397. The number of hydrogen-bond donors (Lipinski definition) is 1. The molecule has 0 aliphatic heterocycles. The zero-order valence-electron chi connectivity index (χ0n) is 7.90. The molecule has 1 aromatic carbocycles. The number of nitrogens with zero attached hydrogens (tertiary/aromatic N) is 2. The smallest absolute Gasteiger partial charge is 0.321 e. The van der Waals surface area contributed by atoms with E-state index in [1.54, 1.807) is 0 Å². The van der Waals surface area contributed by atoms with E-state index in [0.29, 0.717) is 11.8 Å². The summed E-state index contributed by atoms with van der Waals surface area (Å²) in [7, 11) is 0. The summed E-state index contributed by atoms with van der Waals surface area (Å²) in [5.41, 5.74) is 0.959. The van der Waals surface area contributed by atoms with Gasteiger partial charge in [0.05, 0.1) is 0 Å². The van der Waals surface area contributed by atoms with Crippen LogP contribution in [0.4, 0.5) is 6.01 Å². The van der Waals surface area contributed by atoms with Crippen LogP contribution < -0.4 is 5.32 Å². The zero-order chi connectivity index (χ0) is 9.80. The van der Waals surface area contributed by atoms with Crippen molar-refractivity contribution in [1.82, 2.24) is 10.1 Å². The molecule has 1 aromatic heterocycles. The maximum atomic E-state index is 4.99. The van der Waals surface area contributed by atoms with E-state index in [1.165, 1.54) is 0 Å². The fraction of sp³-hybridized carbons (Fsp3) is 0.200. The molecule has 2 rings (SSSR count). The van der Waals surface area contributed by atoms with Gasteiger partial charge in [0, 0.05) is 12.1 Å². The number of aromatic nitrogens is 2. The summed E-state index contributed by atoms with van der Waals surface area (Å²) >= 11 is 0. The Kier molecular flexibility index (Phi) is 2.44. The van der Waals surface area contributed by atoms with Gasteiger partial charge >= 0.3 is 6.01 Å². The molecule has 0 bridgehead atoms. The van der Waals surface area contributed by atoms with Gasteiger partial charge in [0.15, 0.2) is 0 Å². The Labute approximate surface area is 82.0 Å². The maximum absolute atomic E-state index is 4.99. The van der Waals surface area contributed by atoms with Crippen LogP contribution in [-0.2, 0) is 0 Å². The Hall–Kier alpha value is -1.84. The summed E-state index contributed by atoms with van der Waals surface area (Å²) in [6, 6.07) is 10.2. The highest BCUT2D eigenvalue weighted by atomic mass is 16.5. The molecule has 0 aliphatic rings. The second-order valence-electron chi connectivity index (χ2n) is 2.82. The average molecular weight is 189 g/mol. The predicted molar refractivity (Wildman–Crippen MR) is 53.9 cm³/mol. The highest BCUT2D eigenvalue weighted by Crippen LogP contribution is 2.16. The van der Waals surface area contributed by atoms with Gasteiger partial charge in [-0.25, -0.2) is 0 Å². The second-order valence-corrected chi connectivity index (χ2v) is 2.82. The molecule has 1 N–H and O–H groups in total. The van der Waals surface area contributed by atoms with Crippen LogP contribution in [0.2, 0.25) is 0 Å². The zero-order valence-corrected chi connectivity index (χ0v) is 7.90. The van der Waals surface area contributed by atoms with Crippen molar-refractivity contribution in [3.05, 3.63) is 30.3 Å². The molecule has 0 spiro atoms. The number of rotatable bonds is 3. The van der Waals surface area contributed by atoms with Crippen molar-refractivity contribution < 1.29 is 4.52 Å². The molecule has 4 heteroatoms. The van der Waals surface area contributed by atoms with Gasteiger partial charge in [0.2, 0.25) is 5.82 Å². The summed E-state index contributed by atoms with van der Waals surface area (Å²) in [4.78, 5) is 4.18. The number of anilines is 1. The van der Waals surface area contributed by atoms with Crippen molar-refractivity contribution in [3.8, 4) is 11.4 Å². The van der Waals surface area contributed by atoms with Crippen LogP contribution in [0.25, 0.3) is 11.4 Å². The van der Waals surface area contributed by atoms with Crippen LogP contribution in [0.3, 0.4) is 0 Å². The third-order valence-electron chi connectivity index (χ3n) is 1.79. The summed E-state index contributed by atoms with van der Waals surface area (Å²) < 4.78 is 4.99. The summed E-state index contributed by atoms with van der Waals surface area (Å²) in [5.74, 6) is 0.613. The molecule has 2 aromatic rings. The van der Waals surface area contributed by atoms with Crippen LogP contribution in [0.15, 0.2) is 34.9 Å². The maximum Gasteiger partial charge on any atom is 0.321 e. The average Bonchev–Trinajstić information content (AvgIpc) is 2.68. The van der Waals surface area contributed by atoms with E-state index in [2.05, 4.69) is 15.5 Å². The van der Waals surface area contributed by atoms with Crippen molar-refractivity contribution in [1.29, 1.82) is 0 Å². The van der Waals surface area contributed by atoms with Crippen molar-refractivity contribution in [2.24, 2.45) is 0 Å². The normalized spacial score (nSPS) is 10.1. The molecule has 0 fully saturated rings. The number of hydrogen-bond acceptors (Lipinski definition) is 4. The van der Waals surface area contributed by atoms with Crippen LogP contribution >= 0.6 is 0 Å². The molecule has 0 atom stereocenters. The van der Waals surface area contributed by atoms with Gasteiger partial charge in [-0.3, -0.25) is 0 Å². The quantitative estimate of drug-likeness (QED) is 0.803. The van der Waals surface area contributed by atoms with E-state index in [1.807, 2.05) is 37.3 Å². The lowest BCUT2D eigenvalue weighted by atomic mass is 10.2. The lowest BCUT2D eigenvalue weighted by Gasteiger charge is -1.91. The van der Waals surface area contributed by atoms with Crippen LogP contribution in [0.1, 0.15) is 6.92 Å². The fourth-order valence-corrected chi connectivity index (χ4v) is 1.15. The summed E-state index contributed by atoms with van der Waals surface area (Å²) in [6.45, 7) is 2.75. The molecular weight excluding hydrogens is 178 g/mol. The lowest BCUT2D eigenvalue weighted by molar-refractivity contribution is 0.432. The van der Waals surface area contributed by atoms with Crippen molar-refractivity contribution >= 4 is 6.01 Å². The van der Waals surface area contributed by atoms with Gasteiger partial charge < -0.3 is 9.84 Å². The van der Waals surface area contributed by atoms with E-state index in [9.17, 15) is 0 Å². The highest BCUT2D eigenvalue weighted by Gasteiger charge is 2.05. The van der Waals surface area contributed by atoms with Crippen LogP contribution in [-0.4, -0.2) is 16.7 Å². The minimum atomic E-state index is 0.464. The molecule has 0 aliphatic carbocycles. The summed E-state index contributed by atoms with van der Waals surface area (Å²) in [6.07, 6.45) is 0. The summed E-state index contributed by atoms with van der Waals surface area (Å²) in [5, 5.41) is 6.81. The van der Waals surface area contributed by atoms with Gasteiger partial charge in [-0.15, -0.1) is 0 Å². The van der Waals surface area contributed by atoms with Gasteiger partial charge in [0.1, 0.15) is 0 Å². The third-order valence-corrected chi connectivity index (χ3v) is 1.79. The van der Waals surface area contributed by atoms with Crippen LogP contribution in [0, 0.1) is 0 Å².